The van der Waals surface area contributed by atoms with Gasteiger partial charge in [-0.3, -0.25) is 4.79 Å². The SMILES string of the molecule is Cc1cc(N2CCN(C(=O)c3cc(C)n(C4CCCCC4)c3C)CC2)nc(C)n1. The maximum absolute atomic E-state index is 13.3. The molecule has 0 bridgehead atoms. The molecule has 1 amide bonds. The molecule has 2 aromatic rings. The molecule has 0 atom stereocenters. The van der Waals surface area contributed by atoms with E-state index >= 15 is 0 Å². The van der Waals surface area contributed by atoms with Gasteiger partial charge in [-0.25, -0.2) is 9.97 Å². The fraction of sp³-hybridized carbons (Fsp3) is 0.609. The number of aryl methyl sites for hydroxylation is 3. The molecule has 0 N–H and O–H groups in total. The third-order valence-corrected chi connectivity index (χ3v) is 6.50. The summed E-state index contributed by atoms with van der Waals surface area (Å²) in [5, 5.41) is 0. The van der Waals surface area contributed by atoms with Crippen molar-refractivity contribution in [3.63, 3.8) is 0 Å². The van der Waals surface area contributed by atoms with Crippen LogP contribution in [0.2, 0.25) is 0 Å². The predicted octanol–water partition coefficient (Wildman–Crippen LogP) is 3.98. The fourth-order valence-corrected chi connectivity index (χ4v) is 5.06. The molecule has 2 fully saturated rings. The summed E-state index contributed by atoms with van der Waals surface area (Å²) in [4.78, 5) is 26.5. The first kappa shape index (κ1) is 19.9. The van der Waals surface area contributed by atoms with Crippen molar-refractivity contribution in [1.82, 2.24) is 19.4 Å². The highest BCUT2D eigenvalue weighted by molar-refractivity contribution is 5.96. The van der Waals surface area contributed by atoms with Crippen molar-refractivity contribution in [1.29, 1.82) is 0 Å². The van der Waals surface area contributed by atoms with Gasteiger partial charge in [-0.15, -0.1) is 0 Å². The van der Waals surface area contributed by atoms with Gasteiger partial charge in [-0.1, -0.05) is 19.3 Å². The number of piperazine rings is 1. The molecule has 2 aromatic heterocycles. The Morgan fingerprint density at radius 1 is 0.931 bits per heavy atom. The highest BCUT2D eigenvalue weighted by Gasteiger charge is 2.27. The van der Waals surface area contributed by atoms with Gasteiger partial charge >= 0.3 is 0 Å². The van der Waals surface area contributed by atoms with Crippen molar-refractivity contribution in [2.75, 3.05) is 31.1 Å². The molecule has 1 saturated heterocycles. The summed E-state index contributed by atoms with van der Waals surface area (Å²) in [5.74, 6) is 1.95. The fourth-order valence-electron chi connectivity index (χ4n) is 5.06. The Kier molecular flexibility index (Phi) is 5.61. The lowest BCUT2D eigenvalue weighted by Crippen LogP contribution is -2.49. The summed E-state index contributed by atoms with van der Waals surface area (Å²) in [6.07, 6.45) is 6.42. The van der Waals surface area contributed by atoms with Crippen molar-refractivity contribution in [2.24, 2.45) is 0 Å². The van der Waals surface area contributed by atoms with Gasteiger partial charge < -0.3 is 14.4 Å². The second-order valence-corrected chi connectivity index (χ2v) is 8.64. The molecule has 1 aliphatic heterocycles. The monoisotopic (exact) mass is 395 g/mol. The molecule has 156 valence electrons. The highest BCUT2D eigenvalue weighted by Crippen LogP contribution is 2.32. The molecule has 4 rings (SSSR count). The van der Waals surface area contributed by atoms with Crippen LogP contribution in [0, 0.1) is 27.7 Å². The van der Waals surface area contributed by atoms with Gasteiger partial charge in [0, 0.05) is 55.4 Å². The number of rotatable bonds is 3. The van der Waals surface area contributed by atoms with Crippen LogP contribution in [0.5, 0.6) is 0 Å². The van der Waals surface area contributed by atoms with Crippen LogP contribution < -0.4 is 4.90 Å². The largest absolute Gasteiger partial charge is 0.353 e. The number of hydrogen-bond acceptors (Lipinski definition) is 4. The topological polar surface area (TPSA) is 54.3 Å². The predicted molar refractivity (Wildman–Crippen MR) is 116 cm³/mol. The summed E-state index contributed by atoms with van der Waals surface area (Å²) >= 11 is 0. The van der Waals surface area contributed by atoms with Gasteiger partial charge in [0.15, 0.2) is 0 Å². The molecule has 0 radical (unpaired) electrons. The minimum absolute atomic E-state index is 0.176. The zero-order chi connectivity index (χ0) is 20.5. The minimum Gasteiger partial charge on any atom is -0.353 e. The number of hydrogen-bond donors (Lipinski definition) is 0. The van der Waals surface area contributed by atoms with E-state index in [1.54, 1.807) is 0 Å². The van der Waals surface area contributed by atoms with E-state index < -0.39 is 0 Å². The maximum atomic E-state index is 13.3. The Bertz CT molecular complexity index is 869. The lowest BCUT2D eigenvalue weighted by molar-refractivity contribution is 0.0745. The van der Waals surface area contributed by atoms with Gasteiger partial charge in [0.2, 0.25) is 0 Å². The average Bonchev–Trinajstić information content (AvgIpc) is 3.01. The van der Waals surface area contributed by atoms with Crippen molar-refractivity contribution < 1.29 is 4.79 Å². The zero-order valence-corrected chi connectivity index (χ0v) is 18.2. The third kappa shape index (κ3) is 4.02. The van der Waals surface area contributed by atoms with E-state index in [0.29, 0.717) is 6.04 Å². The van der Waals surface area contributed by atoms with Crippen LogP contribution in [0.1, 0.15) is 71.4 Å². The van der Waals surface area contributed by atoms with E-state index in [-0.39, 0.29) is 5.91 Å². The number of carbonyl (C=O) groups is 1. The molecule has 29 heavy (non-hydrogen) atoms. The van der Waals surface area contributed by atoms with Crippen LogP contribution in [-0.4, -0.2) is 51.5 Å². The molecule has 2 aliphatic rings. The van der Waals surface area contributed by atoms with Gasteiger partial charge in [0.05, 0.1) is 5.56 Å². The normalized spacial score (nSPS) is 18.3. The van der Waals surface area contributed by atoms with Crippen molar-refractivity contribution in [3.8, 4) is 0 Å². The van der Waals surface area contributed by atoms with E-state index in [1.807, 2.05) is 24.8 Å². The molecular weight excluding hydrogens is 362 g/mol. The lowest BCUT2D eigenvalue weighted by Gasteiger charge is -2.35. The second-order valence-electron chi connectivity index (χ2n) is 8.64. The van der Waals surface area contributed by atoms with Crippen LogP contribution in [0.15, 0.2) is 12.1 Å². The van der Waals surface area contributed by atoms with Gasteiger partial charge in [0.1, 0.15) is 11.6 Å². The van der Waals surface area contributed by atoms with Crippen LogP contribution >= 0.6 is 0 Å². The van der Waals surface area contributed by atoms with E-state index in [2.05, 4.69) is 39.3 Å². The average molecular weight is 396 g/mol. The number of aromatic nitrogens is 3. The van der Waals surface area contributed by atoms with Crippen molar-refractivity contribution in [3.05, 3.63) is 40.6 Å². The number of carbonyl (C=O) groups excluding carboxylic acids is 1. The van der Waals surface area contributed by atoms with Crippen LogP contribution in [0.25, 0.3) is 0 Å². The van der Waals surface area contributed by atoms with E-state index in [9.17, 15) is 4.79 Å². The molecule has 6 heteroatoms. The summed E-state index contributed by atoms with van der Waals surface area (Å²) in [6.45, 7) is 11.3. The van der Waals surface area contributed by atoms with Crippen molar-refractivity contribution in [2.45, 2.75) is 65.8 Å². The highest BCUT2D eigenvalue weighted by atomic mass is 16.2. The summed E-state index contributed by atoms with van der Waals surface area (Å²) in [5.41, 5.74) is 4.24. The quantitative estimate of drug-likeness (QED) is 0.789. The minimum atomic E-state index is 0.176. The Labute approximate surface area is 173 Å². The smallest absolute Gasteiger partial charge is 0.255 e. The number of anilines is 1. The molecule has 6 nitrogen and oxygen atoms in total. The van der Waals surface area contributed by atoms with Crippen molar-refractivity contribution >= 4 is 11.7 Å². The maximum Gasteiger partial charge on any atom is 0.255 e. The van der Waals surface area contributed by atoms with E-state index in [0.717, 1.165) is 54.8 Å². The van der Waals surface area contributed by atoms with Gasteiger partial charge in [0.25, 0.3) is 5.91 Å². The lowest BCUT2D eigenvalue weighted by atomic mass is 9.95. The Morgan fingerprint density at radius 2 is 1.62 bits per heavy atom. The summed E-state index contributed by atoms with van der Waals surface area (Å²) in [7, 11) is 0. The molecule has 1 aliphatic carbocycles. The van der Waals surface area contributed by atoms with E-state index in [4.69, 9.17) is 0 Å². The van der Waals surface area contributed by atoms with Crippen LogP contribution in [0.3, 0.4) is 0 Å². The summed E-state index contributed by atoms with van der Waals surface area (Å²) in [6, 6.07) is 4.70. The first-order chi connectivity index (χ1) is 13.9. The van der Waals surface area contributed by atoms with Crippen LogP contribution in [0.4, 0.5) is 5.82 Å². The Morgan fingerprint density at radius 3 is 2.28 bits per heavy atom. The molecule has 0 spiro atoms. The molecular formula is C23H33N5O. The Balaban J connectivity index is 1.46. The van der Waals surface area contributed by atoms with Crippen LogP contribution in [-0.2, 0) is 0 Å². The molecule has 1 saturated carbocycles. The third-order valence-electron chi connectivity index (χ3n) is 6.50. The second kappa shape index (κ2) is 8.17. The van der Waals surface area contributed by atoms with Gasteiger partial charge in [-0.05, 0) is 46.6 Å². The molecule has 0 unspecified atom stereocenters. The zero-order valence-electron chi connectivity index (χ0n) is 18.2. The number of nitrogens with zero attached hydrogens (tertiary/aromatic N) is 5. The van der Waals surface area contributed by atoms with Gasteiger partial charge in [-0.2, -0.15) is 0 Å². The molecule has 0 aromatic carbocycles. The van der Waals surface area contributed by atoms with E-state index in [1.165, 1.54) is 37.8 Å². The standard InChI is InChI=1S/C23H33N5O/c1-16-14-22(25-19(4)24-16)26-10-12-27(13-11-26)23(29)21-15-17(2)28(18(21)3)20-8-6-5-7-9-20/h14-15,20H,5-13H2,1-4H3. The summed E-state index contributed by atoms with van der Waals surface area (Å²) < 4.78 is 2.43. The first-order valence-corrected chi connectivity index (χ1v) is 11.0. The Hall–Kier alpha value is -2.37. The first-order valence-electron chi connectivity index (χ1n) is 11.0. The number of amides is 1. The molecule has 3 heterocycles.